The Hall–Kier alpha value is -3.39. The lowest BCUT2D eigenvalue weighted by atomic mass is 10.1. The fraction of sp³-hybridized carbons (Fsp3) is 0.160. The highest BCUT2D eigenvalue weighted by molar-refractivity contribution is 6.34. The number of anilines is 1. The van der Waals surface area contributed by atoms with Crippen LogP contribution in [0.1, 0.15) is 21.5 Å². The van der Waals surface area contributed by atoms with Gasteiger partial charge in [-0.2, -0.15) is 5.10 Å². The van der Waals surface area contributed by atoms with Crippen molar-refractivity contribution in [2.45, 2.75) is 13.5 Å². The second-order valence-electron chi connectivity index (χ2n) is 7.71. The Bertz CT molecular complexity index is 1380. The largest absolute Gasteiger partial charge is 0.375 e. The number of halogens is 2. The molecule has 0 saturated heterocycles. The van der Waals surface area contributed by atoms with E-state index in [0.29, 0.717) is 21.3 Å². The number of amides is 2. The van der Waals surface area contributed by atoms with Gasteiger partial charge in [-0.1, -0.05) is 41.4 Å². The van der Waals surface area contributed by atoms with Crippen LogP contribution in [0.3, 0.4) is 0 Å². The van der Waals surface area contributed by atoms with Crippen molar-refractivity contribution in [3.63, 3.8) is 0 Å². The maximum absolute atomic E-state index is 13.1. The van der Waals surface area contributed by atoms with E-state index < -0.39 is 0 Å². The maximum Gasteiger partial charge on any atom is 0.257 e. The first-order valence-corrected chi connectivity index (χ1v) is 11.2. The Morgan fingerprint density at radius 2 is 1.88 bits per heavy atom. The highest BCUT2D eigenvalue weighted by atomic mass is 35.5. The number of carbonyl (C=O) groups excluding carboxylic acids is 2. The van der Waals surface area contributed by atoms with E-state index in [-0.39, 0.29) is 25.0 Å². The number of benzene rings is 3. The molecule has 4 aromatic rings. The van der Waals surface area contributed by atoms with E-state index in [4.69, 9.17) is 27.9 Å². The number of hydrogen-bond acceptors (Lipinski definition) is 4. The molecule has 1 aromatic heterocycles. The van der Waals surface area contributed by atoms with Crippen molar-refractivity contribution < 1.29 is 14.3 Å². The van der Waals surface area contributed by atoms with Gasteiger partial charge in [0, 0.05) is 24.1 Å². The Labute approximate surface area is 206 Å². The molecule has 34 heavy (non-hydrogen) atoms. The molecule has 3 aromatic carbocycles. The second-order valence-corrected chi connectivity index (χ2v) is 8.52. The Balaban J connectivity index is 1.59. The maximum atomic E-state index is 13.1. The van der Waals surface area contributed by atoms with Crippen LogP contribution in [-0.2, 0) is 16.1 Å². The third-order valence-electron chi connectivity index (χ3n) is 5.30. The first kappa shape index (κ1) is 23.8. The van der Waals surface area contributed by atoms with Gasteiger partial charge in [-0.3, -0.25) is 9.59 Å². The van der Waals surface area contributed by atoms with Crippen LogP contribution in [-0.4, -0.2) is 35.3 Å². The number of nitrogens with zero attached hydrogens (tertiary/aromatic N) is 2. The van der Waals surface area contributed by atoms with E-state index in [0.717, 1.165) is 27.7 Å². The summed E-state index contributed by atoms with van der Waals surface area (Å²) in [5.41, 5.74) is 4.25. The molecule has 0 aliphatic carbocycles. The average Bonchev–Trinajstić information content (AvgIpc) is 3.26. The molecular formula is C25H22Cl2N4O3. The van der Waals surface area contributed by atoms with Crippen LogP contribution < -0.4 is 10.6 Å². The summed E-state index contributed by atoms with van der Waals surface area (Å²) in [5.74, 6) is -0.615. The van der Waals surface area contributed by atoms with Crippen molar-refractivity contribution in [1.29, 1.82) is 0 Å². The Kier molecular flexibility index (Phi) is 7.17. The third kappa shape index (κ3) is 5.07. The molecule has 0 saturated carbocycles. The summed E-state index contributed by atoms with van der Waals surface area (Å²) in [4.78, 5) is 24.7. The Morgan fingerprint density at radius 3 is 2.65 bits per heavy atom. The monoisotopic (exact) mass is 496 g/mol. The second kappa shape index (κ2) is 10.3. The fourth-order valence-corrected chi connectivity index (χ4v) is 3.89. The number of fused-ring (bicyclic) bond motifs is 1. The quantitative estimate of drug-likeness (QED) is 0.370. The van der Waals surface area contributed by atoms with Crippen molar-refractivity contribution in [3.8, 4) is 5.69 Å². The van der Waals surface area contributed by atoms with Gasteiger partial charge in [0.1, 0.15) is 6.61 Å². The molecule has 7 nitrogen and oxygen atoms in total. The predicted octanol–water partition coefficient (Wildman–Crippen LogP) is 5.16. The smallest absolute Gasteiger partial charge is 0.257 e. The zero-order valence-corrected chi connectivity index (χ0v) is 20.1. The average molecular weight is 497 g/mol. The summed E-state index contributed by atoms with van der Waals surface area (Å²) in [6, 6.07) is 16.3. The van der Waals surface area contributed by atoms with Crippen molar-refractivity contribution in [2.24, 2.45) is 0 Å². The molecule has 0 radical (unpaired) electrons. The molecule has 0 aliphatic heterocycles. The summed E-state index contributed by atoms with van der Waals surface area (Å²) in [6.07, 6.45) is 1.70. The molecule has 1 heterocycles. The lowest BCUT2D eigenvalue weighted by Gasteiger charge is -2.11. The third-order valence-corrected chi connectivity index (χ3v) is 6.04. The molecule has 4 rings (SSSR count). The summed E-state index contributed by atoms with van der Waals surface area (Å²) in [6.45, 7) is 2.16. The SMILES string of the molecule is COCC(=O)NCc1ccc(Cl)c(C(=O)Nc2cccc3c2cnn3-c2ccc(C)c(Cl)c2)c1. The van der Waals surface area contributed by atoms with Crippen LogP contribution in [0.15, 0.2) is 60.8 Å². The highest BCUT2D eigenvalue weighted by Crippen LogP contribution is 2.28. The first-order valence-electron chi connectivity index (χ1n) is 10.5. The van der Waals surface area contributed by atoms with Gasteiger partial charge in [0.05, 0.1) is 33.7 Å². The van der Waals surface area contributed by atoms with E-state index in [2.05, 4.69) is 15.7 Å². The Morgan fingerprint density at radius 1 is 1.06 bits per heavy atom. The molecule has 0 unspecified atom stereocenters. The number of carbonyl (C=O) groups is 2. The number of aromatic nitrogens is 2. The van der Waals surface area contributed by atoms with Crippen LogP contribution in [0.4, 0.5) is 5.69 Å². The lowest BCUT2D eigenvalue weighted by molar-refractivity contribution is -0.124. The van der Waals surface area contributed by atoms with Crippen LogP contribution in [0, 0.1) is 6.92 Å². The fourth-order valence-electron chi connectivity index (χ4n) is 3.51. The molecule has 0 atom stereocenters. The van der Waals surface area contributed by atoms with E-state index in [1.54, 1.807) is 35.1 Å². The predicted molar refractivity (Wildman–Crippen MR) is 134 cm³/mol. The highest BCUT2D eigenvalue weighted by Gasteiger charge is 2.15. The van der Waals surface area contributed by atoms with Gasteiger partial charge in [0.2, 0.25) is 5.91 Å². The molecule has 2 amide bonds. The molecule has 0 spiro atoms. The summed E-state index contributed by atoms with van der Waals surface area (Å²) < 4.78 is 6.58. The van der Waals surface area contributed by atoms with Gasteiger partial charge in [0.25, 0.3) is 5.91 Å². The van der Waals surface area contributed by atoms with Crippen LogP contribution in [0.2, 0.25) is 10.0 Å². The van der Waals surface area contributed by atoms with Gasteiger partial charge in [-0.25, -0.2) is 4.68 Å². The van der Waals surface area contributed by atoms with Crippen LogP contribution >= 0.6 is 23.2 Å². The van der Waals surface area contributed by atoms with Crippen molar-refractivity contribution in [1.82, 2.24) is 15.1 Å². The first-order chi connectivity index (χ1) is 16.4. The number of hydrogen-bond donors (Lipinski definition) is 2. The van der Waals surface area contributed by atoms with Gasteiger partial charge >= 0.3 is 0 Å². The molecule has 0 aliphatic rings. The molecule has 2 N–H and O–H groups in total. The van der Waals surface area contributed by atoms with E-state index in [1.807, 2.05) is 37.3 Å². The number of methoxy groups -OCH3 is 1. The zero-order valence-electron chi connectivity index (χ0n) is 18.6. The summed E-state index contributed by atoms with van der Waals surface area (Å²) in [5, 5.41) is 11.9. The van der Waals surface area contributed by atoms with Crippen LogP contribution in [0.25, 0.3) is 16.6 Å². The number of ether oxygens (including phenoxy) is 1. The summed E-state index contributed by atoms with van der Waals surface area (Å²) in [7, 11) is 1.45. The normalized spacial score (nSPS) is 10.9. The lowest BCUT2D eigenvalue weighted by Crippen LogP contribution is -2.26. The standard InChI is InChI=1S/C25H22Cl2N4O3/c1-15-6-8-17(11-21(15)27)31-23-5-3-4-22(19(23)13-29-31)30-25(33)18-10-16(7-9-20(18)26)12-28-24(32)14-34-2/h3-11,13H,12,14H2,1-2H3,(H,28,32)(H,30,33). The van der Waals surface area contributed by atoms with E-state index in [1.165, 1.54) is 7.11 Å². The van der Waals surface area contributed by atoms with Gasteiger partial charge in [-0.05, 0) is 54.4 Å². The number of nitrogens with one attached hydrogen (secondary N) is 2. The topological polar surface area (TPSA) is 85.2 Å². The summed E-state index contributed by atoms with van der Waals surface area (Å²) >= 11 is 12.6. The molecule has 0 bridgehead atoms. The van der Waals surface area contributed by atoms with Crippen molar-refractivity contribution >= 4 is 51.6 Å². The van der Waals surface area contributed by atoms with Crippen molar-refractivity contribution in [3.05, 3.63) is 87.5 Å². The molecular weight excluding hydrogens is 475 g/mol. The number of rotatable bonds is 7. The zero-order chi connectivity index (χ0) is 24.2. The molecule has 0 fully saturated rings. The van der Waals surface area contributed by atoms with Gasteiger partial charge in [0.15, 0.2) is 0 Å². The van der Waals surface area contributed by atoms with Crippen LogP contribution in [0.5, 0.6) is 0 Å². The van der Waals surface area contributed by atoms with Crippen molar-refractivity contribution in [2.75, 3.05) is 19.0 Å². The molecule has 174 valence electrons. The van der Waals surface area contributed by atoms with Gasteiger partial charge in [-0.15, -0.1) is 0 Å². The number of aryl methyl sites for hydroxylation is 1. The minimum absolute atomic E-state index is 0.0343. The molecule has 9 heteroatoms. The van der Waals surface area contributed by atoms with E-state index in [9.17, 15) is 9.59 Å². The minimum atomic E-state index is -0.367. The van der Waals surface area contributed by atoms with E-state index >= 15 is 0 Å². The minimum Gasteiger partial charge on any atom is -0.375 e. The van der Waals surface area contributed by atoms with Gasteiger partial charge < -0.3 is 15.4 Å².